The van der Waals surface area contributed by atoms with Crippen LogP contribution in [0.1, 0.15) is 30.9 Å². The highest BCUT2D eigenvalue weighted by Crippen LogP contribution is 2.38. The van der Waals surface area contributed by atoms with Crippen LogP contribution in [0.25, 0.3) is 0 Å². The van der Waals surface area contributed by atoms with Crippen molar-refractivity contribution in [1.82, 2.24) is 4.90 Å². The highest BCUT2D eigenvalue weighted by atomic mass is 35.5. The Morgan fingerprint density at radius 2 is 2.18 bits per heavy atom. The van der Waals surface area contributed by atoms with Gasteiger partial charge in [-0.05, 0) is 44.4 Å². The zero-order chi connectivity index (χ0) is 16.0. The predicted octanol–water partition coefficient (Wildman–Crippen LogP) is 2.67. The molecule has 1 unspecified atom stereocenters. The smallest absolute Gasteiger partial charge is 0.325 e. The molecule has 6 heteroatoms. The van der Waals surface area contributed by atoms with Crippen LogP contribution < -0.4 is 4.90 Å². The van der Waals surface area contributed by atoms with Crippen molar-refractivity contribution in [1.29, 1.82) is 5.26 Å². The van der Waals surface area contributed by atoms with Gasteiger partial charge in [-0.2, -0.15) is 5.26 Å². The molecule has 2 aliphatic heterocycles. The lowest BCUT2D eigenvalue weighted by molar-refractivity contribution is 0.0418. The molecule has 3 rings (SSSR count). The minimum absolute atomic E-state index is 0.0971. The van der Waals surface area contributed by atoms with Gasteiger partial charge in [0.15, 0.2) is 0 Å². The van der Waals surface area contributed by atoms with Crippen molar-refractivity contribution in [2.45, 2.75) is 44.9 Å². The third-order valence-electron chi connectivity index (χ3n) is 4.74. The maximum atomic E-state index is 12.7. The van der Waals surface area contributed by atoms with Gasteiger partial charge in [-0.3, -0.25) is 4.90 Å². The van der Waals surface area contributed by atoms with Crippen molar-refractivity contribution in [3.8, 4) is 6.07 Å². The van der Waals surface area contributed by atoms with Gasteiger partial charge in [-0.25, -0.2) is 4.79 Å². The number of amides is 2. The van der Waals surface area contributed by atoms with Crippen LogP contribution in [0.15, 0.2) is 12.1 Å². The SMILES string of the molecule is Cc1c(N2C(=O)N3CCCC(O)[C@H]3[C@H]2C)ccc(C#N)c1Cl. The van der Waals surface area contributed by atoms with Gasteiger partial charge in [0.2, 0.25) is 0 Å². The highest BCUT2D eigenvalue weighted by Gasteiger charge is 2.49. The molecule has 0 saturated carbocycles. The molecule has 1 aromatic rings. The van der Waals surface area contributed by atoms with Crippen LogP contribution in [-0.4, -0.2) is 40.8 Å². The summed E-state index contributed by atoms with van der Waals surface area (Å²) in [6.45, 7) is 4.43. The lowest BCUT2D eigenvalue weighted by Crippen LogP contribution is -2.48. The molecule has 1 aromatic carbocycles. The van der Waals surface area contributed by atoms with Gasteiger partial charge >= 0.3 is 6.03 Å². The van der Waals surface area contributed by atoms with Crippen molar-refractivity contribution in [3.63, 3.8) is 0 Å². The lowest BCUT2D eigenvalue weighted by Gasteiger charge is -2.34. The van der Waals surface area contributed by atoms with E-state index < -0.39 is 6.10 Å². The standard InChI is InChI=1S/C16H18ClN3O2/c1-9-12(6-5-11(8-18)14(9)17)20-10(2)15-13(21)4-3-7-19(15)16(20)22/h5-6,10,13,15,21H,3-4,7H2,1-2H3/t10-,13?,15-/m1/s1. The van der Waals surface area contributed by atoms with E-state index in [9.17, 15) is 9.90 Å². The Bertz CT molecular complexity index is 670. The summed E-state index contributed by atoms with van der Waals surface area (Å²) in [5.41, 5.74) is 1.83. The molecule has 0 bridgehead atoms. The number of rotatable bonds is 1. The summed E-state index contributed by atoms with van der Waals surface area (Å²) < 4.78 is 0. The molecule has 22 heavy (non-hydrogen) atoms. The largest absolute Gasteiger partial charge is 0.391 e. The number of aliphatic hydroxyl groups excluding tert-OH is 1. The Labute approximate surface area is 134 Å². The molecule has 0 aromatic heterocycles. The topological polar surface area (TPSA) is 67.6 Å². The number of nitriles is 1. The third-order valence-corrected chi connectivity index (χ3v) is 5.23. The Hall–Kier alpha value is -1.77. The molecule has 2 fully saturated rings. The number of nitrogens with zero attached hydrogens (tertiary/aromatic N) is 3. The fourth-order valence-corrected chi connectivity index (χ4v) is 3.82. The second kappa shape index (κ2) is 5.45. The third kappa shape index (κ3) is 2.06. The van der Waals surface area contributed by atoms with E-state index in [0.29, 0.717) is 22.8 Å². The molecule has 0 aliphatic carbocycles. The monoisotopic (exact) mass is 319 g/mol. The zero-order valence-corrected chi connectivity index (χ0v) is 13.3. The Balaban J connectivity index is 2.04. The molecule has 2 heterocycles. The summed E-state index contributed by atoms with van der Waals surface area (Å²) in [7, 11) is 0. The first kappa shape index (κ1) is 15.1. The molecule has 0 radical (unpaired) electrons. The van der Waals surface area contributed by atoms with E-state index in [1.54, 1.807) is 21.9 Å². The van der Waals surface area contributed by atoms with Gasteiger partial charge < -0.3 is 10.0 Å². The summed E-state index contributed by atoms with van der Waals surface area (Å²) in [6, 6.07) is 5.03. The molecule has 5 nitrogen and oxygen atoms in total. The molecule has 116 valence electrons. The van der Waals surface area contributed by atoms with Gasteiger partial charge in [0.05, 0.1) is 34.5 Å². The zero-order valence-electron chi connectivity index (χ0n) is 12.6. The summed E-state index contributed by atoms with van der Waals surface area (Å²) >= 11 is 6.23. The molecule has 0 spiro atoms. The van der Waals surface area contributed by atoms with Gasteiger partial charge in [0.25, 0.3) is 0 Å². The maximum Gasteiger partial charge on any atom is 0.325 e. The van der Waals surface area contributed by atoms with Crippen molar-refractivity contribution in [2.75, 3.05) is 11.4 Å². The van der Waals surface area contributed by atoms with Crippen LogP contribution in [-0.2, 0) is 0 Å². The quantitative estimate of drug-likeness (QED) is 0.865. The average molecular weight is 320 g/mol. The van der Waals surface area contributed by atoms with E-state index in [1.165, 1.54) is 0 Å². The lowest BCUT2D eigenvalue weighted by atomic mass is 9.95. The number of halogens is 1. The number of piperidine rings is 1. The second-order valence-electron chi connectivity index (χ2n) is 5.97. The second-order valence-corrected chi connectivity index (χ2v) is 6.35. The number of benzene rings is 1. The number of urea groups is 1. The minimum atomic E-state index is -0.494. The molecule has 2 amide bonds. The Morgan fingerprint density at radius 1 is 1.45 bits per heavy atom. The van der Waals surface area contributed by atoms with E-state index in [-0.39, 0.29) is 18.1 Å². The summed E-state index contributed by atoms with van der Waals surface area (Å²) in [5.74, 6) is 0. The van der Waals surface area contributed by atoms with E-state index in [4.69, 9.17) is 16.9 Å². The first-order valence-electron chi connectivity index (χ1n) is 7.44. The number of hydrogen-bond acceptors (Lipinski definition) is 3. The van der Waals surface area contributed by atoms with Crippen LogP contribution in [0.4, 0.5) is 10.5 Å². The van der Waals surface area contributed by atoms with E-state index in [0.717, 1.165) is 18.4 Å². The van der Waals surface area contributed by atoms with Gasteiger partial charge in [-0.1, -0.05) is 11.6 Å². The van der Waals surface area contributed by atoms with E-state index >= 15 is 0 Å². The summed E-state index contributed by atoms with van der Waals surface area (Å²) in [6.07, 6.45) is 1.04. The Morgan fingerprint density at radius 3 is 2.82 bits per heavy atom. The van der Waals surface area contributed by atoms with Crippen molar-refractivity contribution in [3.05, 3.63) is 28.3 Å². The minimum Gasteiger partial charge on any atom is -0.391 e. The number of fused-ring (bicyclic) bond motifs is 1. The molecular formula is C16H18ClN3O2. The van der Waals surface area contributed by atoms with Crippen molar-refractivity contribution < 1.29 is 9.90 Å². The molecular weight excluding hydrogens is 302 g/mol. The van der Waals surface area contributed by atoms with Crippen LogP contribution >= 0.6 is 11.6 Å². The van der Waals surface area contributed by atoms with Crippen molar-refractivity contribution in [2.24, 2.45) is 0 Å². The number of aliphatic hydroxyl groups is 1. The first-order chi connectivity index (χ1) is 10.5. The fourth-order valence-electron chi connectivity index (χ4n) is 3.61. The number of carbonyl (C=O) groups excluding carboxylic acids is 1. The maximum absolute atomic E-state index is 12.7. The fraction of sp³-hybridized carbons (Fsp3) is 0.500. The van der Waals surface area contributed by atoms with E-state index in [1.807, 2.05) is 19.9 Å². The van der Waals surface area contributed by atoms with E-state index in [2.05, 4.69) is 0 Å². The number of carbonyl (C=O) groups is 1. The van der Waals surface area contributed by atoms with Crippen LogP contribution in [0.3, 0.4) is 0 Å². The average Bonchev–Trinajstić information content (AvgIpc) is 2.75. The van der Waals surface area contributed by atoms with Gasteiger partial charge in [-0.15, -0.1) is 0 Å². The number of hydrogen-bond donors (Lipinski definition) is 1. The van der Waals surface area contributed by atoms with Crippen LogP contribution in [0.2, 0.25) is 5.02 Å². The molecule has 2 saturated heterocycles. The molecule has 1 N–H and O–H groups in total. The molecule has 3 atom stereocenters. The molecule has 2 aliphatic rings. The first-order valence-corrected chi connectivity index (χ1v) is 7.82. The normalized spacial score (nSPS) is 27.8. The van der Waals surface area contributed by atoms with Gasteiger partial charge in [0, 0.05) is 6.54 Å². The number of anilines is 1. The van der Waals surface area contributed by atoms with Gasteiger partial charge in [0.1, 0.15) is 6.07 Å². The highest BCUT2D eigenvalue weighted by molar-refractivity contribution is 6.33. The summed E-state index contributed by atoms with van der Waals surface area (Å²) in [4.78, 5) is 16.2. The van der Waals surface area contributed by atoms with Crippen LogP contribution in [0.5, 0.6) is 0 Å². The van der Waals surface area contributed by atoms with Crippen molar-refractivity contribution >= 4 is 23.3 Å². The predicted molar refractivity (Wildman–Crippen MR) is 84.0 cm³/mol. The summed E-state index contributed by atoms with van der Waals surface area (Å²) in [5, 5.41) is 19.7. The van der Waals surface area contributed by atoms with Crippen LogP contribution in [0, 0.1) is 18.3 Å². The Kier molecular flexibility index (Phi) is 3.75.